The number of esters is 2. The van der Waals surface area contributed by atoms with Crippen LogP contribution < -0.4 is 5.23 Å². The Labute approximate surface area is 136 Å². The minimum absolute atomic E-state index is 0.0160. The summed E-state index contributed by atoms with van der Waals surface area (Å²) in [6.07, 6.45) is 0. The molecule has 0 saturated carbocycles. The van der Waals surface area contributed by atoms with E-state index in [1.54, 1.807) is 19.1 Å². The molecule has 0 spiro atoms. The van der Waals surface area contributed by atoms with Crippen molar-refractivity contribution in [3.8, 4) is 11.1 Å². The lowest BCUT2D eigenvalue weighted by Crippen LogP contribution is -2.99. The van der Waals surface area contributed by atoms with E-state index in [-0.39, 0.29) is 29.0 Å². The standard InChI is InChI=1S/C16H14N2O6/c1-8-12(15(19)23-2)13(14-11(17-8)7-24-16(14)20)9-4-3-5-10(6-9)18(21)22/h3-6,18,21H,7H2,1-2H3. The van der Waals surface area contributed by atoms with Gasteiger partial charge >= 0.3 is 11.9 Å². The quantitative estimate of drug-likeness (QED) is 0.635. The Morgan fingerprint density at radius 3 is 2.83 bits per heavy atom. The summed E-state index contributed by atoms with van der Waals surface area (Å²) in [4.78, 5) is 28.6. The van der Waals surface area contributed by atoms with Gasteiger partial charge in [-0.25, -0.2) is 14.8 Å². The van der Waals surface area contributed by atoms with E-state index in [0.29, 0.717) is 17.0 Å². The zero-order chi connectivity index (χ0) is 17.4. The van der Waals surface area contributed by atoms with Crippen molar-refractivity contribution in [2.45, 2.75) is 13.5 Å². The smallest absolute Gasteiger partial charge is 0.341 e. The molecule has 24 heavy (non-hydrogen) atoms. The lowest BCUT2D eigenvalue weighted by atomic mass is 9.93. The van der Waals surface area contributed by atoms with Crippen molar-refractivity contribution >= 4 is 17.6 Å². The fourth-order valence-corrected chi connectivity index (χ4v) is 2.74. The van der Waals surface area contributed by atoms with Crippen LogP contribution >= 0.6 is 0 Å². The highest BCUT2D eigenvalue weighted by Gasteiger charge is 2.33. The number of aryl methyl sites for hydroxylation is 1. The molecule has 1 atom stereocenters. The Hall–Kier alpha value is -2.81. The number of quaternary nitrogens is 1. The number of aromatic nitrogens is 1. The Kier molecular flexibility index (Phi) is 4.02. The van der Waals surface area contributed by atoms with Crippen molar-refractivity contribution < 1.29 is 29.5 Å². The van der Waals surface area contributed by atoms with Gasteiger partial charge in [0.1, 0.15) is 6.61 Å². The first-order valence-corrected chi connectivity index (χ1v) is 7.06. The molecule has 0 aliphatic carbocycles. The molecule has 8 nitrogen and oxygen atoms in total. The highest BCUT2D eigenvalue weighted by Crippen LogP contribution is 2.35. The van der Waals surface area contributed by atoms with E-state index in [0.717, 1.165) is 0 Å². The van der Waals surface area contributed by atoms with Crippen LogP contribution in [0.4, 0.5) is 5.69 Å². The zero-order valence-electron chi connectivity index (χ0n) is 13.0. The number of hydrogen-bond acceptors (Lipinski definition) is 7. The number of hydrogen-bond donors (Lipinski definition) is 2. The van der Waals surface area contributed by atoms with Gasteiger partial charge in [-0.05, 0) is 12.5 Å². The molecule has 1 aromatic heterocycles. The molecule has 0 fully saturated rings. The van der Waals surface area contributed by atoms with Gasteiger partial charge in [-0.1, -0.05) is 12.1 Å². The maximum atomic E-state index is 12.2. The first kappa shape index (κ1) is 16.1. The van der Waals surface area contributed by atoms with Gasteiger partial charge in [0.2, 0.25) is 0 Å². The summed E-state index contributed by atoms with van der Waals surface area (Å²) in [5.41, 5.74) is 1.83. The van der Waals surface area contributed by atoms with Gasteiger partial charge < -0.3 is 14.7 Å². The van der Waals surface area contributed by atoms with Gasteiger partial charge in [-0.3, -0.25) is 4.98 Å². The molecule has 1 aliphatic heterocycles. The van der Waals surface area contributed by atoms with E-state index in [9.17, 15) is 20.0 Å². The SMILES string of the molecule is COC(=O)c1c(C)nc2c(c1-c1cccc([NH+]([O-])O)c1)C(=O)OC2. The fourth-order valence-electron chi connectivity index (χ4n) is 2.74. The molecule has 124 valence electrons. The maximum Gasteiger partial charge on any atom is 0.341 e. The van der Waals surface area contributed by atoms with Gasteiger partial charge in [0.05, 0.1) is 29.6 Å². The van der Waals surface area contributed by atoms with Crippen molar-refractivity contribution in [1.82, 2.24) is 4.98 Å². The Balaban J connectivity index is 2.35. The lowest BCUT2D eigenvalue weighted by molar-refractivity contribution is -0.991. The number of benzene rings is 1. The van der Waals surface area contributed by atoms with E-state index in [2.05, 4.69) is 4.98 Å². The Bertz CT molecular complexity index is 847. The molecule has 8 heteroatoms. The third kappa shape index (κ3) is 2.52. The average Bonchev–Trinajstić information content (AvgIpc) is 2.93. The number of fused-ring (bicyclic) bond motifs is 1. The van der Waals surface area contributed by atoms with Gasteiger partial charge in [0.15, 0.2) is 5.69 Å². The molecular formula is C16H14N2O6. The van der Waals surface area contributed by atoms with E-state index in [4.69, 9.17) is 9.47 Å². The van der Waals surface area contributed by atoms with Crippen molar-refractivity contribution in [3.63, 3.8) is 0 Å². The molecule has 1 aromatic carbocycles. The number of rotatable bonds is 3. The van der Waals surface area contributed by atoms with Crippen LogP contribution in [-0.2, 0) is 16.1 Å². The van der Waals surface area contributed by atoms with Crippen LogP contribution in [-0.4, -0.2) is 29.2 Å². The minimum Gasteiger partial charge on any atom is -0.595 e. The molecule has 0 saturated heterocycles. The summed E-state index contributed by atoms with van der Waals surface area (Å²) >= 11 is 0. The number of nitrogens with one attached hydrogen (secondary N) is 1. The highest BCUT2D eigenvalue weighted by molar-refractivity contribution is 6.08. The summed E-state index contributed by atoms with van der Waals surface area (Å²) in [7, 11) is 1.23. The number of cyclic esters (lactones) is 1. The van der Waals surface area contributed by atoms with E-state index < -0.39 is 17.2 Å². The van der Waals surface area contributed by atoms with Crippen molar-refractivity contribution in [2.75, 3.05) is 7.11 Å². The second-order valence-corrected chi connectivity index (χ2v) is 5.22. The topological polar surface area (TPSA) is 113 Å². The molecule has 3 rings (SSSR count). The molecule has 2 N–H and O–H groups in total. The van der Waals surface area contributed by atoms with Crippen LogP contribution in [0.15, 0.2) is 24.3 Å². The van der Waals surface area contributed by atoms with Crippen molar-refractivity contribution in [1.29, 1.82) is 0 Å². The molecule has 2 heterocycles. The number of carbonyl (C=O) groups is 2. The molecule has 1 aliphatic rings. The fraction of sp³-hybridized carbons (Fsp3) is 0.188. The number of pyridine rings is 1. The van der Waals surface area contributed by atoms with Crippen molar-refractivity contribution in [3.05, 3.63) is 52.0 Å². The van der Waals surface area contributed by atoms with Crippen LogP contribution in [0.5, 0.6) is 0 Å². The Morgan fingerprint density at radius 1 is 1.42 bits per heavy atom. The largest absolute Gasteiger partial charge is 0.595 e. The lowest BCUT2D eigenvalue weighted by Gasteiger charge is -2.16. The number of nitrogens with zero attached hydrogens (tertiary/aromatic N) is 1. The number of ether oxygens (including phenoxy) is 2. The van der Waals surface area contributed by atoms with Crippen LogP contribution in [0.1, 0.15) is 32.1 Å². The van der Waals surface area contributed by atoms with Crippen LogP contribution in [0.3, 0.4) is 0 Å². The molecule has 1 unspecified atom stereocenters. The summed E-state index contributed by atoms with van der Waals surface area (Å²) in [6, 6.07) is 5.99. The van der Waals surface area contributed by atoms with Gasteiger partial charge in [0, 0.05) is 17.7 Å². The maximum absolute atomic E-state index is 12.2. The third-order valence-corrected chi connectivity index (χ3v) is 3.78. The minimum atomic E-state index is -1.11. The predicted octanol–water partition coefficient (Wildman–Crippen LogP) is 0.917. The molecule has 0 radical (unpaired) electrons. The normalized spacial score (nSPS) is 14.1. The monoisotopic (exact) mass is 330 g/mol. The first-order valence-electron chi connectivity index (χ1n) is 7.06. The van der Waals surface area contributed by atoms with Crippen molar-refractivity contribution in [2.24, 2.45) is 0 Å². The highest BCUT2D eigenvalue weighted by atomic mass is 16.8. The first-order chi connectivity index (χ1) is 11.4. The van der Waals surface area contributed by atoms with Crippen LogP contribution in [0, 0.1) is 12.1 Å². The molecular weight excluding hydrogens is 316 g/mol. The molecule has 0 bridgehead atoms. The Morgan fingerprint density at radius 2 is 2.17 bits per heavy atom. The molecule has 2 aromatic rings. The molecule has 0 amide bonds. The summed E-state index contributed by atoms with van der Waals surface area (Å²) in [5.74, 6) is -1.25. The van der Waals surface area contributed by atoms with Gasteiger partial charge in [-0.15, -0.1) is 0 Å². The van der Waals surface area contributed by atoms with Crippen LogP contribution in [0.2, 0.25) is 0 Å². The van der Waals surface area contributed by atoms with Gasteiger partial charge in [-0.2, -0.15) is 5.23 Å². The summed E-state index contributed by atoms with van der Waals surface area (Å²) in [5, 5.41) is 19.3. The van der Waals surface area contributed by atoms with E-state index in [1.807, 2.05) is 0 Å². The van der Waals surface area contributed by atoms with E-state index >= 15 is 0 Å². The third-order valence-electron chi connectivity index (χ3n) is 3.78. The number of methoxy groups -OCH3 is 1. The zero-order valence-corrected chi connectivity index (χ0v) is 13.0. The second kappa shape index (κ2) is 6.00. The summed E-state index contributed by atoms with van der Waals surface area (Å²) in [6.45, 7) is 1.64. The van der Waals surface area contributed by atoms with Gasteiger partial charge in [0.25, 0.3) is 0 Å². The average molecular weight is 330 g/mol. The van der Waals surface area contributed by atoms with Crippen LogP contribution in [0.25, 0.3) is 11.1 Å². The summed E-state index contributed by atoms with van der Waals surface area (Å²) < 4.78 is 9.82. The predicted molar refractivity (Wildman–Crippen MR) is 80.6 cm³/mol. The second-order valence-electron chi connectivity index (χ2n) is 5.22. The van der Waals surface area contributed by atoms with E-state index in [1.165, 1.54) is 19.2 Å². The number of carbonyl (C=O) groups excluding carboxylic acids is 2.